The van der Waals surface area contributed by atoms with Crippen LogP contribution in [0.1, 0.15) is 17.7 Å². The van der Waals surface area contributed by atoms with Crippen molar-refractivity contribution in [2.75, 3.05) is 0 Å². The number of thioether (sulfide) groups is 1. The van der Waals surface area contributed by atoms with Crippen LogP contribution in [-0.2, 0) is 11.3 Å². The minimum atomic E-state index is -0.964. The van der Waals surface area contributed by atoms with Crippen molar-refractivity contribution in [2.45, 2.75) is 23.9 Å². The van der Waals surface area contributed by atoms with E-state index in [1.54, 1.807) is 31.2 Å². The highest BCUT2D eigenvalue weighted by Gasteiger charge is 2.24. The van der Waals surface area contributed by atoms with Crippen molar-refractivity contribution in [1.82, 2.24) is 14.8 Å². The summed E-state index contributed by atoms with van der Waals surface area (Å²) in [4.78, 5) is 22.8. The fourth-order valence-electron chi connectivity index (χ4n) is 1.67. The number of hydrogen-bond acceptors (Lipinski definition) is 4. The van der Waals surface area contributed by atoms with E-state index in [9.17, 15) is 14.7 Å². The Morgan fingerprint density at radius 3 is 2.74 bits per heavy atom. The summed E-state index contributed by atoms with van der Waals surface area (Å²) in [5, 5.41) is 15.1. The largest absolute Gasteiger partial charge is 0.480 e. The normalized spacial score (nSPS) is 12.3. The molecule has 0 spiro atoms. The lowest BCUT2D eigenvalue weighted by Crippen LogP contribution is -2.17. The second-order valence-electron chi connectivity index (χ2n) is 3.80. The molecule has 1 heterocycles. The number of H-pyrrole nitrogens is 1. The molecule has 0 aliphatic heterocycles. The van der Waals surface area contributed by atoms with Crippen LogP contribution < -0.4 is 5.69 Å². The number of benzene rings is 1. The molecule has 0 saturated carbocycles. The van der Waals surface area contributed by atoms with Gasteiger partial charge in [-0.1, -0.05) is 42.1 Å². The number of nitrogens with one attached hydrogen (secondary N) is 1. The average Bonchev–Trinajstić information content (AvgIpc) is 2.77. The van der Waals surface area contributed by atoms with E-state index in [1.807, 2.05) is 6.07 Å². The van der Waals surface area contributed by atoms with Gasteiger partial charge >= 0.3 is 11.7 Å². The van der Waals surface area contributed by atoms with E-state index >= 15 is 0 Å². The van der Waals surface area contributed by atoms with E-state index in [4.69, 9.17) is 0 Å². The lowest BCUT2D eigenvalue weighted by Gasteiger charge is -2.11. The fraction of sp³-hybridized carbons (Fsp3) is 0.250. The van der Waals surface area contributed by atoms with E-state index in [0.717, 1.165) is 11.8 Å². The Kier molecular flexibility index (Phi) is 4.06. The number of aromatic amines is 1. The molecule has 1 atom stereocenters. The highest BCUT2D eigenvalue weighted by molar-refractivity contribution is 8.00. The maximum Gasteiger partial charge on any atom is 0.343 e. The minimum Gasteiger partial charge on any atom is -0.480 e. The SMILES string of the molecule is CCn1c(SC(C(=O)O)c2ccccc2)n[nH]c1=O. The zero-order valence-electron chi connectivity index (χ0n) is 10.2. The fourth-order valence-corrected chi connectivity index (χ4v) is 2.71. The maximum absolute atomic E-state index is 11.4. The molecule has 6 nitrogen and oxygen atoms in total. The molecule has 7 heteroatoms. The molecule has 0 radical (unpaired) electrons. The zero-order valence-corrected chi connectivity index (χ0v) is 11.1. The van der Waals surface area contributed by atoms with E-state index in [1.165, 1.54) is 4.57 Å². The summed E-state index contributed by atoms with van der Waals surface area (Å²) in [6.45, 7) is 2.25. The van der Waals surface area contributed by atoms with Crippen molar-refractivity contribution in [3.05, 3.63) is 46.4 Å². The number of carboxylic acid groups (broad SMARTS) is 1. The van der Waals surface area contributed by atoms with Crippen molar-refractivity contribution >= 4 is 17.7 Å². The summed E-state index contributed by atoms with van der Waals surface area (Å²) in [7, 11) is 0. The van der Waals surface area contributed by atoms with E-state index in [2.05, 4.69) is 10.2 Å². The highest BCUT2D eigenvalue weighted by atomic mass is 32.2. The zero-order chi connectivity index (χ0) is 13.8. The Balaban J connectivity index is 2.32. The Bertz CT molecular complexity index is 621. The van der Waals surface area contributed by atoms with Crippen LogP contribution in [0.25, 0.3) is 0 Å². The molecule has 0 aliphatic rings. The van der Waals surface area contributed by atoms with Crippen molar-refractivity contribution in [1.29, 1.82) is 0 Å². The monoisotopic (exact) mass is 279 g/mol. The van der Waals surface area contributed by atoms with Crippen molar-refractivity contribution < 1.29 is 9.90 Å². The number of hydrogen-bond donors (Lipinski definition) is 2. The summed E-state index contributed by atoms with van der Waals surface area (Å²) in [6, 6.07) is 8.87. The molecule has 0 bridgehead atoms. The molecule has 2 rings (SSSR count). The van der Waals surface area contributed by atoms with Crippen LogP contribution in [0.2, 0.25) is 0 Å². The quantitative estimate of drug-likeness (QED) is 0.810. The van der Waals surface area contributed by atoms with Crippen molar-refractivity contribution in [3.8, 4) is 0 Å². The van der Waals surface area contributed by atoms with Gasteiger partial charge in [-0.2, -0.15) is 0 Å². The topological polar surface area (TPSA) is 88.0 Å². The van der Waals surface area contributed by atoms with Gasteiger partial charge in [-0.05, 0) is 12.5 Å². The van der Waals surface area contributed by atoms with Gasteiger partial charge in [0.05, 0.1) is 0 Å². The molecule has 100 valence electrons. The molecule has 1 aromatic heterocycles. The molecule has 19 heavy (non-hydrogen) atoms. The molecule has 0 aliphatic carbocycles. The van der Waals surface area contributed by atoms with Crippen molar-refractivity contribution in [2.24, 2.45) is 0 Å². The number of nitrogens with zero attached hydrogens (tertiary/aromatic N) is 2. The van der Waals surface area contributed by atoms with E-state index < -0.39 is 11.2 Å². The lowest BCUT2D eigenvalue weighted by atomic mass is 10.1. The summed E-state index contributed by atoms with van der Waals surface area (Å²) in [5.74, 6) is -0.964. The van der Waals surface area contributed by atoms with Crippen LogP contribution in [0.4, 0.5) is 0 Å². The Morgan fingerprint density at radius 2 is 2.16 bits per heavy atom. The van der Waals surface area contributed by atoms with Crippen LogP contribution in [0, 0.1) is 0 Å². The first kappa shape index (κ1) is 13.4. The molecule has 0 fully saturated rings. The number of carbonyl (C=O) groups is 1. The highest BCUT2D eigenvalue weighted by Crippen LogP contribution is 2.33. The molecule has 0 saturated heterocycles. The van der Waals surface area contributed by atoms with Gasteiger partial charge in [-0.3, -0.25) is 9.36 Å². The molecule has 1 aromatic carbocycles. The third-order valence-electron chi connectivity index (χ3n) is 2.59. The first-order chi connectivity index (χ1) is 9.13. The van der Waals surface area contributed by atoms with E-state index in [0.29, 0.717) is 17.3 Å². The van der Waals surface area contributed by atoms with Gasteiger partial charge in [0, 0.05) is 6.54 Å². The van der Waals surface area contributed by atoms with Crippen LogP contribution in [0.15, 0.2) is 40.3 Å². The third kappa shape index (κ3) is 2.87. The molecular weight excluding hydrogens is 266 g/mol. The number of aliphatic carboxylic acids is 1. The van der Waals surface area contributed by atoms with Gasteiger partial charge in [0.1, 0.15) is 5.25 Å². The van der Waals surface area contributed by atoms with Gasteiger partial charge < -0.3 is 5.11 Å². The molecule has 2 aromatic rings. The van der Waals surface area contributed by atoms with Crippen LogP contribution >= 0.6 is 11.8 Å². The summed E-state index contributed by atoms with van der Waals surface area (Å²) in [5.41, 5.74) is 0.334. The Hall–Kier alpha value is -2.02. The third-order valence-corrected chi connectivity index (χ3v) is 3.82. The summed E-state index contributed by atoms with van der Waals surface area (Å²) >= 11 is 1.04. The molecule has 2 N–H and O–H groups in total. The van der Waals surface area contributed by atoms with Crippen LogP contribution in [0.5, 0.6) is 0 Å². The standard InChI is InChI=1S/C12H13N3O3S/c1-2-15-11(18)13-14-12(15)19-9(10(16)17)8-6-4-3-5-7-8/h3-7,9H,2H2,1H3,(H,13,18)(H,16,17). The first-order valence-corrected chi connectivity index (χ1v) is 6.61. The van der Waals surface area contributed by atoms with Crippen LogP contribution in [0.3, 0.4) is 0 Å². The number of carboxylic acids is 1. The second kappa shape index (κ2) is 5.75. The lowest BCUT2D eigenvalue weighted by molar-refractivity contribution is -0.136. The predicted molar refractivity (Wildman–Crippen MR) is 71.2 cm³/mol. The minimum absolute atomic E-state index is 0.331. The number of aromatic nitrogens is 3. The van der Waals surface area contributed by atoms with Gasteiger partial charge in [0.15, 0.2) is 5.16 Å². The maximum atomic E-state index is 11.4. The first-order valence-electron chi connectivity index (χ1n) is 5.73. The predicted octanol–water partition coefficient (Wildman–Crippen LogP) is 1.51. The van der Waals surface area contributed by atoms with Gasteiger partial charge in [0.2, 0.25) is 0 Å². The van der Waals surface area contributed by atoms with E-state index in [-0.39, 0.29) is 5.69 Å². The molecule has 1 unspecified atom stereocenters. The second-order valence-corrected chi connectivity index (χ2v) is 4.87. The average molecular weight is 279 g/mol. The summed E-state index contributed by atoms with van der Waals surface area (Å²) < 4.78 is 1.41. The van der Waals surface area contributed by atoms with Gasteiger partial charge in [0.25, 0.3) is 0 Å². The van der Waals surface area contributed by atoms with Gasteiger partial charge in [-0.25, -0.2) is 9.89 Å². The Labute approximate surface area is 113 Å². The van der Waals surface area contributed by atoms with Crippen LogP contribution in [-0.4, -0.2) is 25.8 Å². The molecule has 0 amide bonds. The van der Waals surface area contributed by atoms with Crippen molar-refractivity contribution in [3.63, 3.8) is 0 Å². The Morgan fingerprint density at radius 1 is 1.47 bits per heavy atom. The smallest absolute Gasteiger partial charge is 0.343 e. The molecular formula is C12H13N3O3S. The van der Waals surface area contributed by atoms with Gasteiger partial charge in [-0.15, -0.1) is 5.10 Å². The number of rotatable bonds is 5. The summed E-state index contributed by atoms with van der Waals surface area (Å²) in [6.07, 6.45) is 0.